The van der Waals surface area contributed by atoms with Gasteiger partial charge in [-0.2, -0.15) is 0 Å². The SMILES string of the molecule is CCC1CCC(NC(=NC)NCCOc2ccc(S(C)(=O)=O)cc2)CC1.I. The summed E-state index contributed by atoms with van der Waals surface area (Å²) in [6.45, 7) is 3.37. The maximum atomic E-state index is 11.4. The molecule has 1 aromatic rings. The number of hydrogen-bond donors (Lipinski definition) is 2. The third kappa shape index (κ3) is 8.25. The summed E-state index contributed by atoms with van der Waals surface area (Å²) in [5, 5.41) is 6.76. The Bertz CT molecular complexity index is 685. The van der Waals surface area contributed by atoms with Crippen LogP contribution >= 0.6 is 24.0 Å². The van der Waals surface area contributed by atoms with Crippen LogP contribution < -0.4 is 15.4 Å². The van der Waals surface area contributed by atoms with E-state index >= 15 is 0 Å². The van der Waals surface area contributed by atoms with Crippen LogP contribution in [0.15, 0.2) is 34.2 Å². The van der Waals surface area contributed by atoms with Crippen molar-refractivity contribution < 1.29 is 13.2 Å². The Balaban J connectivity index is 0.00000364. The average Bonchev–Trinajstić information content (AvgIpc) is 2.64. The third-order valence-corrected chi connectivity index (χ3v) is 6.03. The van der Waals surface area contributed by atoms with Crippen LogP contribution in [0.5, 0.6) is 5.75 Å². The van der Waals surface area contributed by atoms with Gasteiger partial charge in [0, 0.05) is 19.3 Å². The predicted octanol–water partition coefficient (Wildman–Crippen LogP) is 3.22. The van der Waals surface area contributed by atoms with Gasteiger partial charge < -0.3 is 15.4 Å². The van der Waals surface area contributed by atoms with Crippen molar-refractivity contribution in [3.05, 3.63) is 24.3 Å². The first kappa shape index (κ1) is 24.0. The number of ether oxygens (including phenoxy) is 1. The summed E-state index contributed by atoms with van der Waals surface area (Å²) in [4.78, 5) is 4.57. The maximum absolute atomic E-state index is 11.4. The minimum Gasteiger partial charge on any atom is -0.492 e. The first-order valence-corrected chi connectivity index (χ1v) is 11.2. The molecule has 0 heterocycles. The Morgan fingerprint density at radius 3 is 2.33 bits per heavy atom. The Kier molecular flexibility index (Phi) is 10.4. The van der Waals surface area contributed by atoms with Crippen LogP contribution in [0.1, 0.15) is 39.0 Å². The second-order valence-electron chi connectivity index (χ2n) is 6.86. The number of nitrogens with one attached hydrogen (secondary N) is 2. The molecule has 0 atom stereocenters. The summed E-state index contributed by atoms with van der Waals surface area (Å²) in [5.74, 6) is 2.34. The normalized spacial score (nSPS) is 20.5. The topological polar surface area (TPSA) is 79.8 Å². The highest BCUT2D eigenvalue weighted by Crippen LogP contribution is 2.26. The largest absolute Gasteiger partial charge is 0.492 e. The molecule has 8 heteroatoms. The van der Waals surface area contributed by atoms with Crippen LogP contribution in [0, 0.1) is 5.92 Å². The minimum absolute atomic E-state index is 0. The van der Waals surface area contributed by atoms with E-state index in [1.807, 2.05) is 0 Å². The van der Waals surface area contributed by atoms with Gasteiger partial charge in [-0.05, 0) is 55.9 Å². The molecule has 0 unspecified atom stereocenters. The predicted molar refractivity (Wildman–Crippen MR) is 121 cm³/mol. The molecule has 0 amide bonds. The van der Waals surface area contributed by atoms with E-state index in [0.717, 1.165) is 11.9 Å². The number of halogens is 1. The summed E-state index contributed by atoms with van der Waals surface area (Å²) in [7, 11) is -1.40. The summed E-state index contributed by atoms with van der Waals surface area (Å²) in [5.41, 5.74) is 0. The fourth-order valence-electron chi connectivity index (χ4n) is 3.22. The zero-order valence-corrected chi connectivity index (χ0v) is 19.5. The molecule has 0 bridgehead atoms. The number of nitrogens with zero attached hydrogens (tertiary/aromatic N) is 1. The summed E-state index contributed by atoms with van der Waals surface area (Å²) in [6, 6.07) is 6.97. The highest BCUT2D eigenvalue weighted by atomic mass is 127. The van der Waals surface area contributed by atoms with Crippen molar-refractivity contribution in [3.63, 3.8) is 0 Å². The molecule has 0 aliphatic heterocycles. The van der Waals surface area contributed by atoms with Crippen LogP contribution in [0.2, 0.25) is 0 Å². The maximum Gasteiger partial charge on any atom is 0.191 e. The molecular weight excluding hydrogens is 477 g/mol. The minimum atomic E-state index is -3.17. The van der Waals surface area contributed by atoms with Crippen molar-refractivity contribution in [3.8, 4) is 5.75 Å². The molecule has 0 saturated heterocycles. The Morgan fingerprint density at radius 1 is 1.19 bits per heavy atom. The van der Waals surface area contributed by atoms with Gasteiger partial charge in [-0.3, -0.25) is 4.99 Å². The first-order valence-electron chi connectivity index (χ1n) is 9.32. The van der Waals surface area contributed by atoms with Gasteiger partial charge in [0.1, 0.15) is 12.4 Å². The quantitative estimate of drug-likeness (QED) is 0.256. The number of sulfone groups is 1. The Labute approximate surface area is 180 Å². The van der Waals surface area contributed by atoms with Gasteiger partial charge in [0.25, 0.3) is 0 Å². The molecule has 2 N–H and O–H groups in total. The van der Waals surface area contributed by atoms with Gasteiger partial charge >= 0.3 is 0 Å². The van der Waals surface area contributed by atoms with Gasteiger partial charge in [0.2, 0.25) is 0 Å². The molecule has 154 valence electrons. The molecule has 1 aliphatic rings. The Hall–Kier alpha value is -1.03. The zero-order valence-electron chi connectivity index (χ0n) is 16.4. The third-order valence-electron chi connectivity index (χ3n) is 4.90. The molecular formula is C19H32IN3O3S. The zero-order chi connectivity index (χ0) is 19.0. The number of aliphatic imine (C=N–C) groups is 1. The lowest BCUT2D eigenvalue weighted by atomic mass is 9.84. The van der Waals surface area contributed by atoms with Crippen molar-refractivity contribution in [1.82, 2.24) is 10.6 Å². The second kappa shape index (κ2) is 11.7. The van der Waals surface area contributed by atoms with Crippen molar-refractivity contribution >= 4 is 39.8 Å². The van der Waals surface area contributed by atoms with Crippen LogP contribution in [0.4, 0.5) is 0 Å². The molecule has 1 aromatic carbocycles. The van der Waals surface area contributed by atoms with E-state index in [9.17, 15) is 8.42 Å². The lowest BCUT2D eigenvalue weighted by molar-refractivity contribution is 0.301. The van der Waals surface area contributed by atoms with Crippen LogP contribution in [0.3, 0.4) is 0 Å². The summed E-state index contributed by atoms with van der Waals surface area (Å²) in [6.07, 6.45) is 7.45. The number of benzene rings is 1. The van der Waals surface area contributed by atoms with E-state index in [2.05, 4.69) is 22.5 Å². The fourth-order valence-corrected chi connectivity index (χ4v) is 3.85. The summed E-state index contributed by atoms with van der Waals surface area (Å²) >= 11 is 0. The van der Waals surface area contributed by atoms with Crippen molar-refractivity contribution in [2.45, 2.75) is 50.0 Å². The monoisotopic (exact) mass is 509 g/mol. The molecule has 1 aliphatic carbocycles. The van der Waals surface area contributed by atoms with Gasteiger partial charge in [0.05, 0.1) is 11.4 Å². The van der Waals surface area contributed by atoms with Gasteiger partial charge in [-0.15, -0.1) is 24.0 Å². The van der Waals surface area contributed by atoms with Gasteiger partial charge in [-0.1, -0.05) is 13.3 Å². The highest BCUT2D eigenvalue weighted by Gasteiger charge is 2.20. The molecule has 0 radical (unpaired) electrons. The second-order valence-corrected chi connectivity index (χ2v) is 8.88. The average molecular weight is 509 g/mol. The van der Waals surface area contributed by atoms with Gasteiger partial charge in [0.15, 0.2) is 15.8 Å². The Morgan fingerprint density at radius 2 is 1.81 bits per heavy atom. The lowest BCUT2D eigenvalue weighted by Crippen LogP contribution is -2.45. The molecule has 1 saturated carbocycles. The number of guanidine groups is 1. The lowest BCUT2D eigenvalue weighted by Gasteiger charge is -2.29. The first-order chi connectivity index (χ1) is 12.4. The van der Waals surface area contributed by atoms with Crippen LogP contribution in [-0.4, -0.2) is 46.9 Å². The molecule has 0 aromatic heterocycles. The van der Waals surface area contributed by atoms with Crippen LogP contribution in [-0.2, 0) is 9.84 Å². The van der Waals surface area contributed by atoms with E-state index in [4.69, 9.17) is 4.74 Å². The standard InChI is InChI=1S/C19H31N3O3S.HI/c1-4-15-5-7-16(8-6-15)22-19(20-2)21-13-14-25-17-9-11-18(12-10-17)26(3,23)24;/h9-12,15-16H,4-8,13-14H2,1-3H3,(H2,20,21,22);1H. The van der Waals surface area contributed by atoms with E-state index in [1.54, 1.807) is 31.3 Å². The number of hydrogen-bond acceptors (Lipinski definition) is 4. The van der Waals surface area contributed by atoms with E-state index < -0.39 is 9.84 Å². The van der Waals surface area contributed by atoms with E-state index in [0.29, 0.717) is 29.8 Å². The highest BCUT2D eigenvalue weighted by molar-refractivity contribution is 14.0. The smallest absolute Gasteiger partial charge is 0.191 e. The van der Waals surface area contributed by atoms with Crippen LogP contribution in [0.25, 0.3) is 0 Å². The van der Waals surface area contributed by atoms with Crippen molar-refractivity contribution in [2.24, 2.45) is 10.9 Å². The molecule has 27 heavy (non-hydrogen) atoms. The summed E-state index contributed by atoms with van der Waals surface area (Å²) < 4.78 is 28.5. The van der Waals surface area contributed by atoms with Crippen molar-refractivity contribution in [2.75, 3.05) is 26.5 Å². The van der Waals surface area contributed by atoms with E-state index in [1.165, 1.54) is 38.4 Å². The fraction of sp³-hybridized carbons (Fsp3) is 0.632. The van der Waals surface area contributed by atoms with Crippen molar-refractivity contribution in [1.29, 1.82) is 0 Å². The van der Waals surface area contributed by atoms with E-state index in [-0.39, 0.29) is 24.0 Å². The molecule has 0 spiro atoms. The number of rotatable bonds is 7. The molecule has 1 fully saturated rings. The molecule has 2 rings (SSSR count). The van der Waals surface area contributed by atoms with Gasteiger partial charge in [-0.25, -0.2) is 8.42 Å². The molecule has 6 nitrogen and oxygen atoms in total.